The molecule has 0 spiro atoms. The van der Waals surface area contributed by atoms with Crippen molar-refractivity contribution in [3.05, 3.63) is 30.4 Å². The molecule has 2 nitrogen and oxygen atoms in total. The van der Waals surface area contributed by atoms with Gasteiger partial charge in [0.05, 0.1) is 13.5 Å². The Kier molecular flexibility index (Phi) is 2.42. The van der Waals surface area contributed by atoms with E-state index >= 15 is 0 Å². The van der Waals surface area contributed by atoms with Crippen LogP contribution in [-0.2, 0) is 0 Å². The van der Waals surface area contributed by atoms with Crippen molar-refractivity contribution in [2.45, 2.75) is 13.2 Å². The van der Waals surface area contributed by atoms with Gasteiger partial charge in [0.25, 0.3) is 0 Å². The van der Waals surface area contributed by atoms with Gasteiger partial charge in [-0.05, 0) is 18.6 Å². The van der Waals surface area contributed by atoms with Crippen LogP contribution in [0.3, 0.4) is 0 Å². The van der Waals surface area contributed by atoms with Crippen LogP contribution < -0.4 is 0 Å². The summed E-state index contributed by atoms with van der Waals surface area (Å²) < 4.78 is 0. The summed E-state index contributed by atoms with van der Waals surface area (Å²) in [6.45, 7) is 5.61. The Bertz CT molecular complexity index is 271. The molecule has 0 aromatic carbocycles. The summed E-state index contributed by atoms with van der Waals surface area (Å²) in [6, 6.07) is 1.81. The normalized spacial score (nSPS) is 9.55. The lowest BCUT2D eigenvalue weighted by Crippen LogP contribution is -1.92. The van der Waals surface area contributed by atoms with E-state index in [1.54, 1.807) is 6.20 Å². The van der Waals surface area contributed by atoms with Crippen LogP contribution in [0.1, 0.15) is 11.5 Å². The molecule has 0 amide bonds. The second-order valence-electron chi connectivity index (χ2n) is 2.30. The molecular formula is C8H9BN2. The largest absolute Gasteiger partial charge is 0.242 e. The van der Waals surface area contributed by atoms with Crippen LogP contribution in [0.25, 0.3) is 5.57 Å². The summed E-state index contributed by atoms with van der Waals surface area (Å²) in [7, 11) is 5.39. The van der Waals surface area contributed by atoms with Crippen LogP contribution in [-0.4, -0.2) is 17.8 Å². The maximum atomic E-state index is 5.39. The van der Waals surface area contributed by atoms with Gasteiger partial charge in [-0.3, -0.25) is 0 Å². The number of hydrogen-bond acceptors (Lipinski definition) is 2. The van der Waals surface area contributed by atoms with Crippen molar-refractivity contribution in [2.75, 3.05) is 0 Å². The van der Waals surface area contributed by atoms with Crippen LogP contribution in [0.15, 0.2) is 18.8 Å². The summed E-state index contributed by atoms with van der Waals surface area (Å²) in [4.78, 5) is 8.12. The Morgan fingerprint density at radius 1 is 1.73 bits per heavy atom. The van der Waals surface area contributed by atoms with Crippen molar-refractivity contribution >= 4 is 13.4 Å². The number of hydrogen-bond donors (Lipinski definition) is 0. The molecule has 1 aromatic rings. The number of allylic oxidation sites excluding steroid dienone is 1. The monoisotopic (exact) mass is 144 g/mol. The standard InChI is InChI=1S/C8H9BN2/c1-6(5-9)8-3-4-10-7(2)11-8/h3-4H,1,5H2,2H3. The Labute approximate surface area is 67.8 Å². The lowest BCUT2D eigenvalue weighted by atomic mass is 9.96. The average Bonchev–Trinajstić information content (AvgIpc) is 2.03. The Balaban J connectivity index is 2.96. The van der Waals surface area contributed by atoms with E-state index in [-0.39, 0.29) is 0 Å². The van der Waals surface area contributed by atoms with Gasteiger partial charge in [0, 0.05) is 6.20 Å². The van der Waals surface area contributed by atoms with Crippen molar-refractivity contribution in [1.82, 2.24) is 9.97 Å². The average molecular weight is 144 g/mol. The summed E-state index contributed by atoms with van der Waals surface area (Å²) in [6.07, 6.45) is 2.15. The zero-order valence-corrected chi connectivity index (χ0v) is 6.54. The molecule has 0 N–H and O–H groups in total. The van der Waals surface area contributed by atoms with Gasteiger partial charge in [0.15, 0.2) is 0 Å². The minimum absolute atomic E-state index is 0.441. The van der Waals surface area contributed by atoms with Crippen molar-refractivity contribution in [3.63, 3.8) is 0 Å². The van der Waals surface area contributed by atoms with Crippen molar-refractivity contribution in [3.8, 4) is 0 Å². The molecule has 0 aliphatic heterocycles. The second-order valence-corrected chi connectivity index (χ2v) is 2.30. The summed E-state index contributed by atoms with van der Waals surface area (Å²) in [5, 5.41) is 0. The van der Waals surface area contributed by atoms with Gasteiger partial charge in [-0.25, -0.2) is 9.97 Å². The van der Waals surface area contributed by atoms with Gasteiger partial charge in [-0.1, -0.05) is 12.9 Å². The molecule has 0 aliphatic carbocycles. The fourth-order valence-corrected chi connectivity index (χ4v) is 0.758. The number of aromatic nitrogens is 2. The molecule has 1 heterocycles. The SMILES string of the molecule is [B]CC(=C)c1ccnc(C)n1. The predicted molar refractivity (Wildman–Crippen MR) is 46.4 cm³/mol. The predicted octanol–water partition coefficient (Wildman–Crippen LogP) is 1.39. The quantitative estimate of drug-likeness (QED) is 0.586. The van der Waals surface area contributed by atoms with E-state index in [0.29, 0.717) is 6.32 Å². The fourth-order valence-electron chi connectivity index (χ4n) is 0.758. The topological polar surface area (TPSA) is 25.8 Å². The number of rotatable bonds is 2. The van der Waals surface area contributed by atoms with Crippen LogP contribution in [0.4, 0.5) is 0 Å². The smallest absolute Gasteiger partial charge is 0.125 e. The minimum atomic E-state index is 0.441. The van der Waals surface area contributed by atoms with Crippen LogP contribution in [0, 0.1) is 6.92 Å². The molecule has 54 valence electrons. The maximum Gasteiger partial charge on any atom is 0.125 e. The third-order valence-corrected chi connectivity index (χ3v) is 1.38. The zero-order chi connectivity index (χ0) is 8.27. The van der Waals surface area contributed by atoms with E-state index < -0.39 is 0 Å². The van der Waals surface area contributed by atoms with Crippen LogP contribution >= 0.6 is 0 Å². The summed E-state index contributed by atoms with van der Waals surface area (Å²) in [5.74, 6) is 0.747. The highest BCUT2D eigenvalue weighted by Gasteiger charge is 1.96. The molecule has 1 rings (SSSR count). The van der Waals surface area contributed by atoms with Crippen molar-refractivity contribution < 1.29 is 0 Å². The Morgan fingerprint density at radius 2 is 2.45 bits per heavy atom. The van der Waals surface area contributed by atoms with Gasteiger partial charge in [0.2, 0.25) is 0 Å². The first kappa shape index (κ1) is 7.99. The lowest BCUT2D eigenvalue weighted by molar-refractivity contribution is 1.04. The molecule has 0 atom stereocenters. The Hall–Kier alpha value is -1.12. The molecule has 0 saturated carbocycles. The van der Waals surface area contributed by atoms with E-state index in [4.69, 9.17) is 7.85 Å². The second kappa shape index (κ2) is 3.33. The number of aryl methyl sites for hydroxylation is 1. The van der Waals surface area contributed by atoms with Crippen molar-refractivity contribution in [1.29, 1.82) is 0 Å². The van der Waals surface area contributed by atoms with E-state index in [1.807, 2.05) is 13.0 Å². The molecular weight excluding hydrogens is 135 g/mol. The van der Waals surface area contributed by atoms with Gasteiger partial charge < -0.3 is 0 Å². The summed E-state index contributed by atoms with van der Waals surface area (Å²) in [5.41, 5.74) is 1.68. The van der Waals surface area contributed by atoms with Gasteiger partial charge in [-0.2, -0.15) is 0 Å². The molecule has 1 aromatic heterocycles. The first-order valence-corrected chi connectivity index (χ1v) is 3.42. The van der Waals surface area contributed by atoms with Crippen LogP contribution in [0.2, 0.25) is 6.32 Å². The molecule has 0 aliphatic rings. The molecule has 0 unspecified atom stereocenters. The Morgan fingerprint density at radius 3 is 3.00 bits per heavy atom. The van der Waals surface area contributed by atoms with Crippen molar-refractivity contribution in [2.24, 2.45) is 0 Å². The van der Waals surface area contributed by atoms with E-state index in [9.17, 15) is 0 Å². The van der Waals surface area contributed by atoms with Crippen LogP contribution in [0.5, 0.6) is 0 Å². The fraction of sp³-hybridized carbons (Fsp3) is 0.250. The molecule has 11 heavy (non-hydrogen) atoms. The van der Waals surface area contributed by atoms with Gasteiger partial charge >= 0.3 is 0 Å². The molecule has 2 radical (unpaired) electrons. The first-order valence-electron chi connectivity index (χ1n) is 3.42. The molecule has 0 saturated heterocycles. The van der Waals surface area contributed by atoms with E-state index in [2.05, 4.69) is 16.5 Å². The highest BCUT2D eigenvalue weighted by Crippen LogP contribution is 2.10. The third kappa shape index (κ3) is 1.90. The van der Waals surface area contributed by atoms with Gasteiger partial charge in [-0.15, -0.1) is 0 Å². The third-order valence-electron chi connectivity index (χ3n) is 1.38. The molecule has 0 fully saturated rings. The van der Waals surface area contributed by atoms with E-state index in [1.165, 1.54) is 0 Å². The maximum absolute atomic E-state index is 5.39. The van der Waals surface area contributed by atoms with Gasteiger partial charge in [0.1, 0.15) is 5.82 Å². The first-order chi connectivity index (χ1) is 5.24. The molecule has 0 bridgehead atoms. The molecule has 3 heteroatoms. The minimum Gasteiger partial charge on any atom is -0.242 e. The number of nitrogens with zero attached hydrogens (tertiary/aromatic N) is 2. The highest BCUT2D eigenvalue weighted by atomic mass is 14.9. The lowest BCUT2D eigenvalue weighted by Gasteiger charge is -2.00. The zero-order valence-electron chi connectivity index (χ0n) is 6.54. The highest BCUT2D eigenvalue weighted by molar-refractivity contribution is 6.14. The van der Waals surface area contributed by atoms with E-state index in [0.717, 1.165) is 17.1 Å². The summed E-state index contributed by atoms with van der Waals surface area (Å²) >= 11 is 0.